The number of aromatic nitrogens is 2. The van der Waals surface area contributed by atoms with Crippen LogP contribution in [0.25, 0.3) is 10.8 Å². The predicted octanol–water partition coefficient (Wildman–Crippen LogP) is 6.50. The molecule has 1 N–H and O–H groups in total. The molecule has 3 heterocycles. The van der Waals surface area contributed by atoms with E-state index in [1.54, 1.807) is 18.5 Å². The van der Waals surface area contributed by atoms with Crippen molar-refractivity contribution in [2.75, 3.05) is 37.9 Å². The van der Waals surface area contributed by atoms with Gasteiger partial charge in [-0.15, -0.1) is 0 Å². The Morgan fingerprint density at radius 1 is 1.16 bits per heavy atom. The van der Waals surface area contributed by atoms with E-state index in [4.69, 9.17) is 31.2 Å². The number of likely N-dealkylation sites (tertiary alicyclic amines) is 1. The largest absolute Gasteiger partial charge is 0.493 e. The van der Waals surface area contributed by atoms with Gasteiger partial charge in [-0.3, -0.25) is 0 Å². The molecule has 4 rings (SSSR count). The number of benzene rings is 1. The first-order valence-electron chi connectivity index (χ1n) is 12.7. The van der Waals surface area contributed by atoms with Gasteiger partial charge in [0.05, 0.1) is 18.5 Å². The Bertz CT molecular complexity index is 1200. The highest BCUT2D eigenvalue weighted by Crippen LogP contribution is 2.32. The summed E-state index contributed by atoms with van der Waals surface area (Å²) < 4.78 is 12.2. The Labute approximate surface area is 224 Å². The van der Waals surface area contributed by atoms with Crippen LogP contribution < -0.4 is 9.64 Å². The SMILES string of the molecule is C[Si](C)(C)CCOCN(c1ccc(Cl)nc1)c1nccc2cc(OCC3CCN(C(=O)O)CC3)ccc12. The number of halogens is 1. The maximum atomic E-state index is 11.1. The molecule has 1 aromatic carbocycles. The number of ether oxygens (including phenoxy) is 2. The third-order valence-electron chi connectivity index (χ3n) is 6.58. The Balaban J connectivity index is 1.49. The zero-order chi connectivity index (χ0) is 26.4. The second-order valence-electron chi connectivity index (χ2n) is 10.7. The monoisotopic (exact) mass is 542 g/mol. The zero-order valence-electron chi connectivity index (χ0n) is 21.7. The average Bonchev–Trinajstić information content (AvgIpc) is 2.87. The summed E-state index contributed by atoms with van der Waals surface area (Å²) in [5.41, 5.74) is 0.852. The number of nitrogens with zero attached hydrogens (tertiary/aromatic N) is 4. The van der Waals surface area contributed by atoms with E-state index >= 15 is 0 Å². The van der Waals surface area contributed by atoms with E-state index in [0.717, 1.165) is 46.9 Å². The van der Waals surface area contributed by atoms with Gasteiger partial charge >= 0.3 is 6.09 Å². The molecule has 1 fully saturated rings. The topological polar surface area (TPSA) is 88.0 Å². The molecule has 0 spiro atoms. The Hall–Kier alpha value is -2.88. The number of anilines is 2. The summed E-state index contributed by atoms with van der Waals surface area (Å²) in [6.45, 7) is 9.75. The predicted molar refractivity (Wildman–Crippen MR) is 150 cm³/mol. The zero-order valence-corrected chi connectivity index (χ0v) is 23.4. The fraction of sp³-hybridized carbons (Fsp3) is 0.444. The normalized spacial score (nSPS) is 14.6. The minimum absolute atomic E-state index is 0.348. The molecule has 0 saturated carbocycles. The van der Waals surface area contributed by atoms with Gasteiger partial charge in [0, 0.05) is 39.4 Å². The van der Waals surface area contributed by atoms with Crippen LogP contribution in [0.1, 0.15) is 12.8 Å². The fourth-order valence-corrected chi connectivity index (χ4v) is 5.14. The smallest absolute Gasteiger partial charge is 0.407 e. The molecule has 1 saturated heterocycles. The third-order valence-corrected chi connectivity index (χ3v) is 8.51. The van der Waals surface area contributed by atoms with Gasteiger partial charge in [0.2, 0.25) is 0 Å². The number of carboxylic acid groups (broad SMARTS) is 1. The first-order chi connectivity index (χ1) is 17.7. The Morgan fingerprint density at radius 3 is 2.62 bits per heavy atom. The van der Waals surface area contributed by atoms with Crippen LogP contribution in [0.5, 0.6) is 5.75 Å². The van der Waals surface area contributed by atoms with Crippen LogP contribution in [0.2, 0.25) is 30.8 Å². The number of piperidine rings is 1. The summed E-state index contributed by atoms with van der Waals surface area (Å²) in [5.74, 6) is 1.92. The molecule has 0 atom stereocenters. The minimum Gasteiger partial charge on any atom is -0.493 e. The summed E-state index contributed by atoms with van der Waals surface area (Å²) in [6, 6.07) is 12.8. The van der Waals surface area contributed by atoms with Crippen molar-refractivity contribution in [3.8, 4) is 5.75 Å². The van der Waals surface area contributed by atoms with E-state index in [1.807, 2.05) is 35.2 Å². The van der Waals surface area contributed by atoms with Crippen LogP contribution in [-0.2, 0) is 4.74 Å². The van der Waals surface area contributed by atoms with E-state index in [9.17, 15) is 4.79 Å². The summed E-state index contributed by atoms with van der Waals surface area (Å²) in [5, 5.41) is 11.6. The van der Waals surface area contributed by atoms with Crippen molar-refractivity contribution >= 4 is 48.0 Å². The van der Waals surface area contributed by atoms with Crippen molar-refractivity contribution in [2.45, 2.75) is 38.5 Å². The summed E-state index contributed by atoms with van der Waals surface area (Å²) in [6.07, 6.45) is 4.31. The first kappa shape index (κ1) is 27.2. The summed E-state index contributed by atoms with van der Waals surface area (Å²) in [7, 11) is -1.21. The summed E-state index contributed by atoms with van der Waals surface area (Å²) >= 11 is 6.04. The van der Waals surface area contributed by atoms with Crippen LogP contribution in [0, 0.1) is 5.92 Å². The van der Waals surface area contributed by atoms with Crippen LogP contribution in [0.3, 0.4) is 0 Å². The highest BCUT2D eigenvalue weighted by molar-refractivity contribution is 6.76. The third kappa shape index (κ3) is 7.56. The lowest BCUT2D eigenvalue weighted by atomic mass is 9.98. The summed E-state index contributed by atoms with van der Waals surface area (Å²) in [4.78, 5) is 23.6. The van der Waals surface area contributed by atoms with E-state index in [2.05, 4.69) is 24.6 Å². The Morgan fingerprint density at radius 2 is 1.95 bits per heavy atom. The minimum atomic E-state index is -1.21. The van der Waals surface area contributed by atoms with E-state index in [1.165, 1.54) is 4.90 Å². The lowest BCUT2D eigenvalue weighted by molar-refractivity contribution is 0.111. The molecule has 0 bridgehead atoms. The molecule has 0 radical (unpaired) electrons. The molecule has 198 valence electrons. The molecule has 0 unspecified atom stereocenters. The van der Waals surface area contributed by atoms with Gasteiger partial charge in [0.1, 0.15) is 23.5 Å². The number of hydrogen-bond donors (Lipinski definition) is 1. The highest BCUT2D eigenvalue weighted by Gasteiger charge is 2.23. The number of hydrogen-bond acceptors (Lipinski definition) is 6. The molecule has 1 aliphatic rings. The second-order valence-corrected chi connectivity index (χ2v) is 16.7. The van der Waals surface area contributed by atoms with E-state index in [0.29, 0.717) is 44.1 Å². The maximum Gasteiger partial charge on any atom is 0.407 e. The lowest BCUT2D eigenvalue weighted by Crippen LogP contribution is -2.38. The van der Waals surface area contributed by atoms with Gasteiger partial charge in [-0.25, -0.2) is 14.8 Å². The highest BCUT2D eigenvalue weighted by atomic mass is 35.5. The van der Waals surface area contributed by atoms with Gasteiger partial charge < -0.3 is 24.4 Å². The van der Waals surface area contributed by atoms with Crippen LogP contribution in [0.4, 0.5) is 16.3 Å². The molecule has 1 amide bonds. The van der Waals surface area contributed by atoms with Gasteiger partial charge in [0.15, 0.2) is 0 Å². The maximum absolute atomic E-state index is 11.1. The van der Waals surface area contributed by atoms with Crippen molar-refractivity contribution in [1.82, 2.24) is 14.9 Å². The van der Waals surface area contributed by atoms with Crippen molar-refractivity contribution in [1.29, 1.82) is 0 Å². The van der Waals surface area contributed by atoms with Crippen molar-refractivity contribution in [3.05, 3.63) is 53.9 Å². The van der Waals surface area contributed by atoms with Crippen LogP contribution in [-0.4, -0.2) is 67.2 Å². The van der Waals surface area contributed by atoms with Crippen LogP contribution in [0.15, 0.2) is 48.8 Å². The molecule has 3 aromatic rings. The molecular weight excluding hydrogens is 508 g/mol. The molecular formula is C27H35ClN4O4Si. The molecule has 1 aliphatic heterocycles. The second kappa shape index (κ2) is 12.1. The number of fused-ring (bicyclic) bond motifs is 1. The van der Waals surface area contributed by atoms with Gasteiger partial charge in [-0.05, 0) is 66.6 Å². The number of carbonyl (C=O) groups is 1. The Kier molecular flexibility index (Phi) is 8.89. The standard InChI is InChI=1S/C27H35ClN4O4Si/c1-37(2,3)15-14-35-19-32(22-4-7-25(28)30-17-22)26-24-6-5-23(16-21(24)8-11-29-26)36-18-20-9-12-31(13-10-20)27(33)34/h4-8,11,16-17,20H,9-10,12-15,18-19H2,1-3H3,(H,33,34). The quantitative estimate of drug-likeness (QED) is 0.135. The number of rotatable bonds is 10. The van der Waals surface area contributed by atoms with Crippen molar-refractivity contribution in [2.24, 2.45) is 5.92 Å². The van der Waals surface area contributed by atoms with Gasteiger partial charge in [-0.2, -0.15) is 0 Å². The lowest BCUT2D eigenvalue weighted by Gasteiger charge is -2.29. The fourth-order valence-electron chi connectivity index (χ4n) is 4.27. The van der Waals surface area contributed by atoms with E-state index in [-0.39, 0.29) is 0 Å². The van der Waals surface area contributed by atoms with Gasteiger partial charge in [-0.1, -0.05) is 31.2 Å². The molecule has 37 heavy (non-hydrogen) atoms. The molecule has 0 aliphatic carbocycles. The average molecular weight is 543 g/mol. The molecule has 10 heteroatoms. The van der Waals surface area contributed by atoms with Crippen LogP contribution >= 0.6 is 11.6 Å². The number of amides is 1. The number of pyridine rings is 2. The molecule has 8 nitrogen and oxygen atoms in total. The first-order valence-corrected chi connectivity index (χ1v) is 16.7. The van der Waals surface area contributed by atoms with E-state index < -0.39 is 14.2 Å². The van der Waals surface area contributed by atoms with Crippen molar-refractivity contribution in [3.63, 3.8) is 0 Å². The molecule has 2 aromatic heterocycles. The van der Waals surface area contributed by atoms with Crippen molar-refractivity contribution < 1.29 is 19.4 Å². The van der Waals surface area contributed by atoms with Gasteiger partial charge in [0.25, 0.3) is 0 Å².